The number of hydrogen-bond donors (Lipinski definition) is 1. The molecule has 0 aromatic heterocycles. The van der Waals surface area contributed by atoms with Crippen molar-refractivity contribution in [2.45, 2.75) is 26.0 Å². The lowest BCUT2D eigenvalue weighted by Crippen LogP contribution is -2.21. The Kier molecular flexibility index (Phi) is 5.80. The third-order valence-corrected chi connectivity index (χ3v) is 3.99. The van der Waals surface area contributed by atoms with Crippen LogP contribution in [-0.4, -0.2) is 23.6 Å². The van der Waals surface area contributed by atoms with Crippen molar-refractivity contribution in [2.75, 3.05) is 13.6 Å². The van der Waals surface area contributed by atoms with Crippen LogP contribution in [0.15, 0.2) is 48.5 Å². The van der Waals surface area contributed by atoms with E-state index >= 15 is 0 Å². The lowest BCUT2D eigenvalue weighted by atomic mass is 10.1. The van der Waals surface area contributed by atoms with Crippen molar-refractivity contribution < 1.29 is 5.11 Å². The molecule has 112 valence electrons. The van der Waals surface area contributed by atoms with E-state index < -0.39 is 6.10 Å². The average Bonchev–Trinajstić information content (AvgIpc) is 2.48. The van der Waals surface area contributed by atoms with Gasteiger partial charge in [0, 0.05) is 18.1 Å². The minimum atomic E-state index is -0.443. The number of rotatable bonds is 6. The fourth-order valence-corrected chi connectivity index (χ4v) is 2.48. The summed E-state index contributed by atoms with van der Waals surface area (Å²) in [6.45, 7) is 3.88. The first-order valence-electron chi connectivity index (χ1n) is 7.23. The van der Waals surface area contributed by atoms with Crippen molar-refractivity contribution in [3.8, 4) is 0 Å². The molecule has 2 aromatic rings. The molecule has 2 rings (SSSR count). The molecule has 0 saturated carbocycles. The molecule has 0 spiro atoms. The third-order valence-electron chi connectivity index (χ3n) is 3.74. The Hall–Kier alpha value is -1.35. The highest BCUT2D eigenvalue weighted by Crippen LogP contribution is 2.19. The highest BCUT2D eigenvalue weighted by molar-refractivity contribution is 6.30. The molecule has 0 aliphatic rings. The Morgan fingerprint density at radius 3 is 2.43 bits per heavy atom. The van der Waals surface area contributed by atoms with Gasteiger partial charge >= 0.3 is 0 Å². The summed E-state index contributed by atoms with van der Waals surface area (Å²) in [6.07, 6.45) is 0.269. The molecule has 0 aliphatic heterocycles. The molecule has 1 unspecified atom stereocenters. The lowest BCUT2D eigenvalue weighted by molar-refractivity contribution is 0.147. The monoisotopic (exact) mass is 303 g/mol. The van der Waals surface area contributed by atoms with Crippen molar-refractivity contribution in [3.05, 3.63) is 70.2 Å². The van der Waals surface area contributed by atoms with Crippen LogP contribution < -0.4 is 0 Å². The van der Waals surface area contributed by atoms with Gasteiger partial charge in [0.1, 0.15) is 0 Å². The topological polar surface area (TPSA) is 23.5 Å². The second-order valence-corrected chi connectivity index (χ2v) is 5.96. The second kappa shape index (κ2) is 7.60. The number of nitrogens with zero attached hydrogens (tertiary/aromatic N) is 1. The Morgan fingerprint density at radius 1 is 1.10 bits per heavy atom. The lowest BCUT2D eigenvalue weighted by Gasteiger charge is -2.20. The van der Waals surface area contributed by atoms with Gasteiger partial charge in [0.2, 0.25) is 0 Å². The van der Waals surface area contributed by atoms with Crippen molar-refractivity contribution in [1.82, 2.24) is 4.90 Å². The Labute approximate surface area is 132 Å². The van der Waals surface area contributed by atoms with Gasteiger partial charge in [-0.2, -0.15) is 0 Å². The van der Waals surface area contributed by atoms with Gasteiger partial charge in [-0.1, -0.05) is 48.0 Å². The predicted octanol–water partition coefficient (Wildman–Crippen LogP) is 4.20. The first-order chi connectivity index (χ1) is 10.1. The molecule has 2 aromatic carbocycles. The molecule has 1 atom stereocenters. The Bertz CT molecular complexity index is 568. The number of halogens is 1. The van der Waals surface area contributed by atoms with Crippen molar-refractivity contribution in [3.63, 3.8) is 0 Å². The van der Waals surface area contributed by atoms with Crippen LogP contribution in [-0.2, 0) is 6.54 Å². The smallest absolute Gasteiger partial charge is 0.0802 e. The van der Waals surface area contributed by atoms with E-state index in [1.807, 2.05) is 24.3 Å². The van der Waals surface area contributed by atoms with Crippen LogP contribution in [0.3, 0.4) is 0 Å². The summed E-state index contributed by atoms with van der Waals surface area (Å²) in [5.41, 5.74) is 3.56. The molecule has 2 nitrogen and oxygen atoms in total. The maximum atomic E-state index is 10.2. The summed E-state index contributed by atoms with van der Waals surface area (Å²) >= 11 is 5.86. The van der Waals surface area contributed by atoms with Crippen molar-refractivity contribution >= 4 is 11.6 Å². The first kappa shape index (κ1) is 16.0. The largest absolute Gasteiger partial charge is 0.388 e. The summed E-state index contributed by atoms with van der Waals surface area (Å²) in [6, 6.07) is 15.8. The van der Waals surface area contributed by atoms with E-state index in [9.17, 15) is 5.11 Å². The number of aliphatic hydroxyl groups is 1. The standard InChI is InChI=1S/C18H22ClNO/c1-14-5-3-4-6-16(14)13-20(2)12-11-18(21)15-7-9-17(19)10-8-15/h3-10,18,21H,11-13H2,1-2H3. The minimum absolute atomic E-state index is 0.443. The molecular weight excluding hydrogens is 282 g/mol. The van der Waals surface area contributed by atoms with Gasteiger partial charge in [0.05, 0.1) is 6.10 Å². The average molecular weight is 304 g/mol. The number of aliphatic hydroxyl groups excluding tert-OH is 1. The molecule has 0 radical (unpaired) electrons. The van der Waals surface area contributed by atoms with Crippen LogP contribution in [0.1, 0.15) is 29.2 Å². The van der Waals surface area contributed by atoms with Crippen LogP contribution in [0.4, 0.5) is 0 Å². The first-order valence-corrected chi connectivity index (χ1v) is 7.60. The maximum Gasteiger partial charge on any atom is 0.0802 e. The molecule has 0 saturated heterocycles. The maximum absolute atomic E-state index is 10.2. The van der Waals surface area contributed by atoms with Crippen LogP contribution in [0.25, 0.3) is 0 Å². The summed E-state index contributed by atoms with van der Waals surface area (Å²) in [7, 11) is 2.08. The van der Waals surface area contributed by atoms with E-state index in [0.717, 1.165) is 18.7 Å². The van der Waals surface area contributed by atoms with Gasteiger partial charge in [-0.3, -0.25) is 0 Å². The van der Waals surface area contributed by atoms with E-state index in [-0.39, 0.29) is 0 Å². The van der Waals surface area contributed by atoms with Crippen molar-refractivity contribution in [2.24, 2.45) is 0 Å². The molecule has 21 heavy (non-hydrogen) atoms. The van der Waals surface area contributed by atoms with E-state index in [4.69, 9.17) is 11.6 Å². The van der Waals surface area contributed by atoms with Crippen LogP contribution >= 0.6 is 11.6 Å². The second-order valence-electron chi connectivity index (χ2n) is 5.52. The van der Waals surface area contributed by atoms with Crippen LogP contribution in [0, 0.1) is 6.92 Å². The molecule has 0 bridgehead atoms. The van der Waals surface area contributed by atoms with E-state index in [2.05, 4.69) is 43.1 Å². The quantitative estimate of drug-likeness (QED) is 0.864. The highest BCUT2D eigenvalue weighted by Gasteiger charge is 2.09. The van der Waals surface area contributed by atoms with Crippen molar-refractivity contribution in [1.29, 1.82) is 0 Å². The highest BCUT2D eigenvalue weighted by atomic mass is 35.5. The summed E-state index contributed by atoms with van der Waals surface area (Å²) in [5, 5.41) is 10.9. The summed E-state index contributed by atoms with van der Waals surface area (Å²) in [4.78, 5) is 2.24. The predicted molar refractivity (Wildman–Crippen MR) is 88.5 cm³/mol. The summed E-state index contributed by atoms with van der Waals surface area (Å²) < 4.78 is 0. The molecule has 0 amide bonds. The normalized spacial score (nSPS) is 12.6. The zero-order valence-corrected chi connectivity index (χ0v) is 13.3. The molecule has 0 aliphatic carbocycles. The SMILES string of the molecule is Cc1ccccc1CN(C)CCC(O)c1ccc(Cl)cc1. The molecule has 0 fully saturated rings. The van der Waals surface area contributed by atoms with Gasteiger partial charge in [-0.25, -0.2) is 0 Å². The molecule has 0 heterocycles. The number of hydrogen-bond acceptors (Lipinski definition) is 2. The van der Waals surface area contributed by atoms with E-state index in [1.54, 1.807) is 0 Å². The van der Waals surface area contributed by atoms with Gasteiger partial charge < -0.3 is 10.0 Å². The fourth-order valence-electron chi connectivity index (χ4n) is 2.35. The number of aryl methyl sites for hydroxylation is 1. The number of benzene rings is 2. The fraction of sp³-hybridized carbons (Fsp3) is 0.333. The minimum Gasteiger partial charge on any atom is -0.388 e. The molecular formula is C18H22ClNO. The van der Waals surface area contributed by atoms with Gasteiger partial charge in [0.25, 0.3) is 0 Å². The van der Waals surface area contributed by atoms with Gasteiger partial charge in [-0.15, -0.1) is 0 Å². The zero-order chi connectivity index (χ0) is 15.2. The van der Waals surface area contributed by atoms with Crippen LogP contribution in [0.2, 0.25) is 5.02 Å². The Balaban J connectivity index is 1.85. The van der Waals surface area contributed by atoms with Gasteiger partial charge in [-0.05, 0) is 49.2 Å². The van der Waals surface area contributed by atoms with E-state index in [1.165, 1.54) is 11.1 Å². The third kappa shape index (κ3) is 4.85. The molecule has 1 N–H and O–H groups in total. The zero-order valence-electron chi connectivity index (χ0n) is 12.6. The molecule has 3 heteroatoms. The Morgan fingerprint density at radius 2 is 1.76 bits per heavy atom. The van der Waals surface area contributed by atoms with E-state index in [0.29, 0.717) is 11.4 Å². The summed E-state index contributed by atoms with van der Waals surface area (Å²) in [5.74, 6) is 0. The van der Waals surface area contributed by atoms with Crippen LogP contribution in [0.5, 0.6) is 0 Å². The van der Waals surface area contributed by atoms with Gasteiger partial charge in [0.15, 0.2) is 0 Å².